The molecule has 3 N–H and O–H groups in total. The van der Waals surface area contributed by atoms with Crippen LogP contribution in [-0.4, -0.2) is 46.4 Å². The highest BCUT2D eigenvalue weighted by Crippen LogP contribution is 2.49. The number of benzene rings is 2. The van der Waals surface area contributed by atoms with E-state index in [1.807, 2.05) is 6.07 Å². The van der Waals surface area contributed by atoms with Crippen molar-refractivity contribution in [2.24, 2.45) is 5.41 Å². The molecule has 2 atom stereocenters. The van der Waals surface area contributed by atoms with Crippen LogP contribution in [0.4, 0.5) is 10.5 Å². The van der Waals surface area contributed by atoms with Gasteiger partial charge in [0.25, 0.3) is 0 Å². The number of fused-ring (bicyclic) bond motifs is 3. The fourth-order valence-corrected chi connectivity index (χ4v) is 4.96. The lowest BCUT2D eigenvalue weighted by atomic mass is 9.58. The van der Waals surface area contributed by atoms with Crippen molar-refractivity contribution < 1.29 is 15.0 Å². The van der Waals surface area contributed by atoms with Crippen LogP contribution >= 0.6 is 0 Å². The summed E-state index contributed by atoms with van der Waals surface area (Å²) in [5.41, 5.74) is 5.52. The monoisotopic (exact) mass is 364 g/mol. The third-order valence-electron chi connectivity index (χ3n) is 6.80. The number of nitrogens with zero attached hydrogens (tertiary/aromatic N) is 1. The van der Waals surface area contributed by atoms with Gasteiger partial charge in [-0.1, -0.05) is 30.3 Å². The Balaban J connectivity index is 1.26. The molecule has 2 fully saturated rings. The van der Waals surface area contributed by atoms with Crippen molar-refractivity contribution in [1.82, 2.24) is 4.90 Å². The molecule has 5 rings (SSSR count). The van der Waals surface area contributed by atoms with Crippen LogP contribution < -0.4 is 5.32 Å². The Morgan fingerprint density at radius 1 is 1.00 bits per heavy atom. The number of aliphatic hydroxyl groups excluding tert-OH is 2. The summed E-state index contributed by atoms with van der Waals surface area (Å²) in [5, 5.41) is 23.1. The van der Waals surface area contributed by atoms with Gasteiger partial charge in [0.05, 0.1) is 12.2 Å². The zero-order valence-electron chi connectivity index (χ0n) is 15.2. The Hall–Kier alpha value is -2.37. The number of carbonyl (C=O) groups is 1. The molecule has 5 heteroatoms. The van der Waals surface area contributed by atoms with Crippen LogP contribution in [0.3, 0.4) is 0 Å². The minimum Gasteiger partial charge on any atom is -0.392 e. The van der Waals surface area contributed by atoms with Crippen LogP contribution in [0.15, 0.2) is 42.5 Å². The minimum atomic E-state index is -0.434. The Kier molecular flexibility index (Phi) is 3.78. The summed E-state index contributed by atoms with van der Waals surface area (Å²) in [5.74, 6) is 0. The van der Waals surface area contributed by atoms with E-state index >= 15 is 0 Å². The summed E-state index contributed by atoms with van der Waals surface area (Å²) in [6, 6.07) is 14.4. The fraction of sp³-hybridized carbons (Fsp3) is 0.409. The lowest BCUT2D eigenvalue weighted by Gasteiger charge is -2.54. The molecule has 1 spiro atoms. The summed E-state index contributed by atoms with van der Waals surface area (Å²) in [6.07, 6.45) is 1.80. The molecule has 5 nitrogen and oxygen atoms in total. The Labute approximate surface area is 158 Å². The summed E-state index contributed by atoms with van der Waals surface area (Å²) < 4.78 is 0. The van der Waals surface area contributed by atoms with Crippen molar-refractivity contribution in [2.45, 2.75) is 37.9 Å². The second-order valence-electron chi connectivity index (χ2n) is 8.12. The van der Waals surface area contributed by atoms with Gasteiger partial charge >= 0.3 is 6.03 Å². The molecule has 2 aromatic carbocycles. The molecule has 0 aromatic heterocycles. The van der Waals surface area contributed by atoms with Gasteiger partial charge in [-0.2, -0.15) is 0 Å². The van der Waals surface area contributed by atoms with Crippen LogP contribution in [-0.2, 0) is 6.42 Å². The van der Waals surface area contributed by atoms with Crippen LogP contribution in [0.1, 0.15) is 30.4 Å². The first-order chi connectivity index (χ1) is 13.1. The number of amides is 2. The Morgan fingerprint density at radius 3 is 2.44 bits per heavy atom. The van der Waals surface area contributed by atoms with E-state index in [1.54, 1.807) is 4.90 Å². The molecule has 140 valence electrons. The van der Waals surface area contributed by atoms with Gasteiger partial charge < -0.3 is 20.4 Å². The first kappa shape index (κ1) is 16.8. The largest absolute Gasteiger partial charge is 0.392 e. The van der Waals surface area contributed by atoms with E-state index in [1.165, 1.54) is 22.3 Å². The Morgan fingerprint density at radius 2 is 1.70 bits per heavy atom. The van der Waals surface area contributed by atoms with Crippen molar-refractivity contribution in [2.75, 3.05) is 18.4 Å². The van der Waals surface area contributed by atoms with Crippen molar-refractivity contribution >= 4 is 11.7 Å². The van der Waals surface area contributed by atoms with Gasteiger partial charge in [0.2, 0.25) is 0 Å². The van der Waals surface area contributed by atoms with Crippen LogP contribution in [0, 0.1) is 5.41 Å². The maximum atomic E-state index is 12.7. The number of likely N-dealkylation sites (tertiary alicyclic amines) is 1. The number of rotatable bonds is 1. The standard InChI is InChI=1S/C22H24N2O3/c25-19-13-20(26)22(19)7-9-24(10-8-22)21(27)23-16-5-6-18-15(12-16)11-14-3-1-2-4-17(14)18/h1-6,12,19-20,25-26H,7-11,13H2,(H,23,27)/t19-,20+. The molecule has 2 amide bonds. The van der Waals surface area contributed by atoms with Crippen molar-refractivity contribution in [1.29, 1.82) is 0 Å². The second kappa shape index (κ2) is 6.08. The smallest absolute Gasteiger partial charge is 0.321 e. The van der Waals surface area contributed by atoms with Gasteiger partial charge in [-0.15, -0.1) is 0 Å². The van der Waals surface area contributed by atoms with Crippen LogP contribution in [0.5, 0.6) is 0 Å². The molecule has 1 aliphatic heterocycles. The molecule has 0 bridgehead atoms. The predicted octanol–water partition coefficient (Wildman–Crippen LogP) is 3.00. The number of carbonyl (C=O) groups excluding carboxylic acids is 1. The quantitative estimate of drug-likeness (QED) is 0.621. The topological polar surface area (TPSA) is 72.8 Å². The number of hydrogen-bond acceptors (Lipinski definition) is 3. The minimum absolute atomic E-state index is 0.108. The molecule has 0 radical (unpaired) electrons. The highest BCUT2D eigenvalue weighted by molar-refractivity contribution is 5.90. The van der Waals surface area contributed by atoms with Gasteiger partial charge in [-0.3, -0.25) is 0 Å². The van der Waals surface area contributed by atoms with E-state index in [0.717, 1.165) is 12.1 Å². The highest BCUT2D eigenvalue weighted by Gasteiger charge is 2.55. The van der Waals surface area contributed by atoms with Crippen molar-refractivity contribution in [3.63, 3.8) is 0 Å². The number of hydrogen-bond donors (Lipinski definition) is 3. The molecule has 1 saturated carbocycles. The average molecular weight is 364 g/mol. The fourth-order valence-electron chi connectivity index (χ4n) is 4.96. The van der Waals surface area contributed by atoms with Crippen LogP contribution in [0.2, 0.25) is 0 Å². The molecule has 3 aliphatic rings. The lowest BCUT2D eigenvalue weighted by Crippen LogP contribution is -2.62. The SMILES string of the molecule is O=C(Nc1ccc2c(c1)Cc1ccccc1-2)N1CCC2(CC1)[C@H](O)C[C@@H]2O. The summed E-state index contributed by atoms with van der Waals surface area (Å²) in [4.78, 5) is 14.4. The number of aliphatic hydroxyl groups is 2. The first-order valence-corrected chi connectivity index (χ1v) is 9.70. The molecule has 2 aromatic rings. The molecule has 27 heavy (non-hydrogen) atoms. The third-order valence-corrected chi connectivity index (χ3v) is 6.80. The average Bonchev–Trinajstić information content (AvgIpc) is 3.06. The van der Waals surface area contributed by atoms with E-state index in [-0.39, 0.29) is 6.03 Å². The van der Waals surface area contributed by atoms with Crippen molar-refractivity contribution in [3.05, 3.63) is 53.6 Å². The van der Waals surface area contributed by atoms with Gasteiger partial charge in [-0.25, -0.2) is 4.79 Å². The second-order valence-corrected chi connectivity index (χ2v) is 8.12. The molecule has 1 saturated heterocycles. The van der Waals surface area contributed by atoms with Gasteiger partial charge in [0.1, 0.15) is 0 Å². The first-order valence-electron chi connectivity index (χ1n) is 9.70. The van der Waals surface area contributed by atoms with Gasteiger partial charge in [-0.05, 0) is 53.6 Å². The summed E-state index contributed by atoms with van der Waals surface area (Å²) >= 11 is 0. The van der Waals surface area contributed by atoms with E-state index in [4.69, 9.17) is 0 Å². The van der Waals surface area contributed by atoms with Gasteiger partial charge in [0.15, 0.2) is 0 Å². The zero-order valence-corrected chi connectivity index (χ0v) is 15.2. The number of urea groups is 1. The van der Waals surface area contributed by atoms with E-state index in [9.17, 15) is 15.0 Å². The molecule has 2 aliphatic carbocycles. The van der Waals surface area contributed by atoms with Gasteiger partial charge in [0, 0.05) is 30.6 Å². The highest BCUT2D eigenvalue weighted by atomic mass is 16.3. The third kappa shape index (κ3) is 2.57. The van der Waals surface area contributed by atoms with E-state index < -0.39 is 17.6 Å². The summed E-state index contributed by atoms with van der Waals surface area (Å²) in [6.45, 7) is 1.13. The lowest BCUT2D eigenvalue weighted by molar-refractivity contribution is -0.186. The number of piperidine rings is 1. The number of anilines is 1. The maximum absolute atomic E-state index is 12.7. The van der Waals surface area contributed by atoms with E-state index in [2.05, 4.69) is 41.7 Å². The van der Waals surface area contributed by atoms with E-state index in [0.29, 0.717) is 32.4 Å². The Bertz CT molecular complexity index is 892. The molecular formula is C22H24N2O3. The number of nitrogens with one attached hydrogen (secondary N) is 1. The maximum Gasteiger partial charge on any atom is 0.321 e. The summed E-state index contributed by atoms with van der Waals surface area (Å²) in [7, 11) is 0. The predicted molar refractivity (Wildman–Crippen MR) is 104 cm³/mol. The van der Waals surface area contributed by atoms with Crippen LogP contribution in [0.25, 0.3) is 11.1 Å². The van der Waals surface area contributed by atoms with Crippen molar-refractivity contribution in [3.8, 4) is 11.1 Å². The zero-order chi connectivity index (χ0) is 18.6. The molecule has 1 heterocycles. The normalized spacial score (nSPS) is 24.9. The molecular weight excluding hydrogens is 340 g/mol. The molecule has 0 unspecified atom stereocenters.